The highest BCUT2D eigenvalue weighted by molar-refractivity contribution is 6.01. The SMILES string of the molecule is CCc1cccc(NC(=O)N(Cc2ccccc2)CC2CC(c3ccc(C)cc3)=NO2)c1. The van der Waals surface area contributed by atoms with Crippen LogP contribution in [-0.2, 0) is 17.8 Å². The van der Waals surface area contributed by atoms with Gasteiger partial charge in [-0.25, -0.2) is 4.79 Å². The Morgan fingerprint density at radius 2 is 1.78 bits per heavy atom. The smallest absolute Gasteiger partial charge is 0.322 e. The number of nitrogens with one attached hydrogen (secondary N) is 1. The molecule has 0 fully saturated rings. The van der Waals surface area contributed by atoms with Crippen LogP contribution in [0.1, 0.15) is 35.6 Å². The summed E-state index contributed by atoms with van der Waals surface area (Å²) >= 11 is 0. The van der Waals surface area contributed by atoms with Crippen molar-refractivity contribution in [2.45, 2.75) is 39.3 Å². The fourth-order valence-corrected chi connectivity index (χ4v) is 3.78. The number of carbonyl (C=O) groups is 1. The van der Waals surface area contributed by atoms with Crippen molar-refractivity contribution >= 4 is 17.4 Å². The van der Waals surface area contributed by atoms with Crippen molar-refractivity contribution in [3.05, 3.63) is 101 Å². The number of aryl methyl sites for hydroxylation is 2. The number of anilines is 1. The summed E-state index contributed by atoms with van der Waals surface area (Å²) in [6, 6.07) is 26.1. The van der Waals surface area contributed by atoms with Gasteiger partial charge in [0.15, 0.2) is 6.10 Å². The fraction of sp³-hybridized carbons (Fsp3) is 0.259. The number of urea groups is 1. The van der Waals surface area contributed by atoms with E-state index in [4.69, 9.17) is 4.84 Å². The molecule has 32 heavy (non-hydrogen) atoms. The van der Waals surface area contributed by atoms with Crippen LogP contribution in [0, 0.1) is 6.92 Å². The van der Waals surface area contributed by atoms with Crippen molar-refractivity contribution in [3.8, 4) is 0 Å². The summed E-state index contributed by atoms with van der Waals surface area (Å²) in [7, 11) is 0. The first-order valence-electron chi connectivity index (χ1n) is 11.1. The van der Waals surface area contributed by atoms with Crippen LogP contribution in [0.4, 0.5) is 10.5 Å². The van der Waals surface area contributed by atoms with Crippen LogP contribution in [0.25, 0.3) is 0 Å². The number of rotatable bonds is 7. The molecule has 0 radical (unpaired) electrons. The second-order valence-electron chi connectivity index (χ2n) is 8.19. The topological polar surface area (TPSA) is 53.9 Å². The Balaban J connectivity index is 1.45. The molecule has 5 nitrogen and oxygen atoms in total. The van der Waals surface area contributed by atoms with Crippen LogP contribution in [0.5, 0.6) is 0 Å². The van der Waals surface area contributed by atoms with E-state index in [1.807, 2.05) is 48.5 Å². The first-order chi connectivity index (χ1) is 15.6. The second-order valence-corrected chi connectivity index (χ2v) is 8.19. The molecule has 4 rings (SSSR count). The van der Waals surface area contributed by atoms with Gasteiger partial charge < -0.3 is 15.1 Å². The van der Waals surface area contributed by atoms with Crippen LogP contribution in [0.2, 0.25) is 0 Å². The van der Waals surface area contributed by atoms with Gasteiger partial charge in [0.05, 0.1) is 12.3 Å². The number of oxime groups is 1. The lowest BCUT2D eigenvalue weighted by molar-refractivity contribution is 0.0608. The first kappa shape index (κ1) is 21.6. The van der Waals surface area contributed by atoms with Gasteiger partial charge in [-0.15, -0.1) is 0 Å². The van der Waals surface area contributed by atoms with E-state index in [0.29, 0.717) is 19.5 Å². The molecule has 0 aromatic heterocycles. The Hall–Kier alpha value is -3.60. The molecule has 1 unspecified atom stereocenters. The van der Waals surface area contributed by atoms with Crippen molar-refractivity contribution in [3.63, 3.8) is 0 Å². The minimum atomic E-state index is -0.178. The Morgan fingerprint density at radius 1 is 1.03 bits per heavy atom. The van der Waals surface area contributed by atoms with Crippen LogP contribution in [0.3, 0.4) is 0 Å². The van der Waals surface area contributed by atoms with Crippen molar-refractivity contribution in [1.29, 1.82) is 0 Å². The third-order valence-corrected chi connectivity index (χ3v) is 5.63. The molecule has 0 spiro atoms. The van der Waals surface area contributed by atoms with Gasteiger partial charge in [0, 0.05) is 18.7 Å². The van der Waals surface area contributed by atoms with Crippen molar-refractivity contribution < 1.29 is 9.63 Å². The predicted molar refractivity (Wildman–Crippen MR) is 129 cm³/mol. The molecule has 3 aromatic carbocycles. The van der Waals surface area contributed by atoms with Gasteiger partial charge in [-0.3, -0.25) is 0 Å². The summed E-state index contributed by atoms with van der Waals surface area (Å²) in [6.45, 7) is 5.12. The average molecular weight is 428 g/mol. The minimum Gasteiger partial charge on any atom is -0.390 e. The van der Waals surface area contributed by atoms with Crippen molar-refractivity contribution in [2.75, 3.05) is 11.9 Å². The first-order valence-corrected chi connectivity index (χ1v) is 11.1. The average Bonchev–Trinajstić information content (AvgIpc) is 3.28. The maximum atomic E-state index is 13.2. The zero-order valence-electron chi connectivity index (χ0n) is 18.6. The molecule has 1 N–H and O–H groups in total. The van der Waals surface area contributed by atoms with E-state index in [0.717, 1.165) is 28.9 Å². The molecule has 164 valence electrons. The Bertz CT molecular complexity index is 1080. The third-order valence-electron chi connectivity index (χ3n) is 5.63. The maximum Gasteiger partial charge on any atom is 0.322 e. The van der Waals surface area contributed by atoms with E-state index in [1.165, 1.54) is 11.1 Å². The predicted octanol–water partition coefficient (Wildman–Crippen LogP) is 5.78. The lowest BCUT2D eigenvalue weighted by Gasteiger charge is -2.25. The molecule has 1 aliphatic rings. The van der Waals surface area contributed by atoms with E-state index in [-0.39, 0.29) is 12.1 Å². The molecule has 1 atom stereocenters. The van der Waals surface area contributed by atoms with Crippen LogP contribution in [-0.4, -0.2) is 29.3 Å². The van der Waals surface area contributed by atoms with Crippen LogP contribution < -0.4 is 5.32 Å². The van der Waals surface area contributed by atoms with Crippen molar-refractivity contribution in [1.82, 2.24) is 4.90 Å². The van der Waals surface area contributed by atoms with Gasteiger partial charge in [0.1, 0.15) is 0 Å². The maximum absolute atomic E-state index is 13.2. The Labute approximate surface area is 189 Å². The number of nitrogens with zero attached hydrogens (tertiary/aromatic N) is 2. The largest absolute Gasteiger partial charge is 0.390 e. The summed E-state index contributed by atoms with van der Waals surface area (Å²) in [4.78, 5) is 20.7. The van der Waals surface area contributed by atoms with E-state index in [9.17, 15) is 4.79 Å². The third kappa shape index (κ3) is 5.55. The summed E-state index contributed by atoms with van der Waals surface area (Å²) < 4.78 is 0. The summed E-state index contributed by atoms with van der Waals surface area (Å²) in [5.41, 5.74) is 6.26. The van der Waals surface area contributed by atoms with Gasteiger partial charge >= 0.3 is 6.03 Å². The summed E-state index contributed by atoms with van der Waals surface area (Å²) in [5, 5.41) is 7.36. The lowest BCUT2D eigenvalue weighted by Crippen LogP contribution is -2.40. The standard InChI is InChI=1S/C27H29N3O2/c1-3-21-10-7-11-24(16-21)28-27(31)30(18-22-8-5-4-6-9-22)19-25-17-26(29-32-25)23-14-12-20(2)13-15-23/h4-16,25H,3,17-19H2,1-2H3,(H,28,31). The molecular weight excluding hydrogens is 398 g/mol. The van der Waals surface area contributed by atoms with Gasteiger partial charge in [-0.05, 0) is 42.2 Å². The quantitative estimate of drug-likeness (QED) is 0.519. The fourth-order valence-electron chi connectivity index (χ4n) is 3.78. The Kier molecular flexibility index (Phi) is 6.85. The molecule has 1 heterocycles. The molecule has 0 aliphatic carbocycles. The molecule has 0 saturated carbocycles. The minimum absolute atomic E-state index is 0.144. The van der Waals surface area contributed by atoms with E-state index in [2.05, 4.69) is 54.7 Å². The molecule has 1 aliphatic heterocycles. The summed E-state index contributed by atoms with van der Waals surface area (Å²) in [6.07, 6.45) is 1.42. The van der Waals surface area contributed by atoms with Gasteiger partial charge in [0.25, 0.3) is 0 Å². The number of amides is 2. The second kappa shape index (κ2) is 10.1. The Morgan fingerprint density at radius 3 is 2.53 bits per heavy atom. The zero-order valence-corrected chi connectivity index (χ0v) is 18.6. The highest BCUT2D eigenvalue weighted by Gasteiger charge is 2.27. The molecule has 2 amide bonds. The van der Waals surface area contributed by atoms with E-state index >= 15 is 0 Å². The highest BCUT2D eigenvalue weighted by atomic mass is 16.6. The highest BCUT2D eigenvalue weighted by Crippen LogP contribution is 2.20. The molecule has 0 saturated heterocycles. The van der Waals surface area contributed by atoms with Gasteiger partial charge in [-0.2, -0.15) is 0 Å². The van der Waals surface area contributed by atoms with Crippen LogP contribution in [0.15, 0.2) is 84.0 Å². The molecule has 0 bridgehead atoms. The molecule has 3 aromatic rings. The monoisotopic (exact) mass is 427 g/mol. The normalized spacial score (nSPS) is 15.1. The van der Waals surface area contributed by atoms with Crippen molar-refractivity contribution in [2.24, 2.45) is 5.16 Å². The number of benzene rings is 3. The van der Waals surface area contributed by atoms with E-state index < -0.39 is 0 Å². The molecule has 5 heteroatoms. The summed E-state index contributed by atoms with van der Waals surface area (Å²) in [5.74, 6) is 0. The van der Waals surface area contributed by atoms with Gasteiger partial charge in [0.2, 0.25) is 0 Å². The van der Waals surface area contributed by atoms with Gasteiger partial charge in [-0.1, -0.05) is 84.4 Å². The zero-order chi connectivity index (χ0) is 22.3. The van der Waals surface area contributed by atoms with E-state index in [1.54, 1.807) is 4.90 Å². The number of hydrogen-bond donors (Lipinski definition) is 1. The van der Waals surface area contributed by atoms with Crippen LogP contribution >= 0.6 is 0 Å². The molecular formula is C27H29N3O2. The lowest BCUT2D eigenvalue weighted by atomic mass is 10.0. The number of hydrogen-bond acceptors (Lipinski definition) is 3. The number of carbonyl (C=O) groups excluding carboxylic acids is 1.